The first kappa shape index (κ1) is 91.1. The summed E-state index contributed by atoms with van der Waals surface area (Å²) in [5.41, 5.74) is 0. The van der Waals surface area contributed by atoms with Crippen molar-refractivity contribution in [1.29, 1.82) is 0 Å². The Bertz CT molecular complexity index is 1840. The number of hydrogen-bond donors (Lipinski definition) is 3. The molecule has 0 saturated heterocycles. The maximum Gasteiger partial charge on any atom is 0.472 e. The number of carbonyl (C=O) groups excluding carboxylic acids is 4. The fraction of sp³-hybridized carbons (Fsp3) is 0.946. The molecule has 0 aromatic carbocycles. The summed E-state index contributed by atoms with van der Waals surface area (Å²) in [6.07, 6.45) is 47.5. The Labute approximate surface area is 568 Å². The number of aliphatic hydroxyl groups excluding tert-OH is 1. The van der Waals surface area contributed by atoms with Crippen molar-refractivity contribution in [3.63, 3.8) is 0 Å². The van der Waals surface area contributed by atoms with Gasteiger partial charge in [-0.05, 0) is 49.4 Å². The molecule has 3 N–H and O–H groups in total. The van der Waals surface area contributed by atoms with Gasteiger partial charge < -0.3 is 33.8 Å². The van der Waals surface area contributed by atoms with E-state index in [2.05, 4.69) is 55.4 Å². The normalized spacial score (nSPS) is 14.5. The molecule has 0 aromatic heterocycles. The topological polar surface area (TPSA) is 237 Å². The summed E-state index contributed by atoms with van der Waals surface area (Å²) in [5.74, 6) is 0.860. The Hall–Kier alpha value is -1.94. The van der Waals surface area contributed by atoms with Crippen molar-refractivity contribution in [3.8, 4) is 0 Å². The highest BCUT2D eigenvalue weighted by Gasteiger charge is 2.30. The molecule has 0 aliphatic heterocycles. The van der Waals surface area contributed by atoms with Gasteiger partial charge in [0, 0.05) is 25.7 Å². The van der Waals surface area contributed by atoms with Gasteiger partial charge in [0.15, 0.2) is 12.2 Å². The molecule has 0 rings (SSSR count). The average molecular weight is 1370 g/mol. The zero-order valence-electron chi connectivity index (χ0n) is 60.9. The molecule has 93 heavy (non-hydrogen) atoms. The van der Waals surface area contributed by atoms with E-state index in [4.69, 9.17) is 37.0 Å². The molecule has 0 bridgehead atoms. The van der Waals surface area contributed by atoms with Crippen molar-refractivity contribution >= 4 is 39.5 Å². The maximum absolute atomic E-state index is 13.1. The highest BCUT2D eigenvalue weighted by molar-refractivity contribution is 7.47. The van der Waals surface area contributed by atoms with Crippen LogP contribution >= 0.6 is 15.6 Å². The van der Waals surface area contributed by atoms with Crippen molar-refractivity contribution in [1.82, 2.24) is 0 Å². The lowest BCUT2D eigenvalue weighted by molar-refractivity contribution is -0.161. The summed E-state index contributed by atoms with van der Waals surface area (Å²) in [4.78, 5) is 72.6. The molecule has 19 heteroatoms. The zero-order valence-corrected chi connectivity index (χ0v) is 62.7. The van der Waals surface area contributed by atoms with Crippen LogP contribution in [0.4, 0.5) is 0 Å². The molecule has 0 amide bonds. The smallest absolute Gasteiger partial charge is 0.462 e. The summed E-state index contributed by atoms with van der Waals surface area (Å²) in [7, 11) is -9.91. The summed E-state index contributed by atoms with van der Waals surface area (Å²) in [6.45, 7) is 14.1. The fourth-order valence-electron chi connectivity index (χ4n) is 11.2. The van der Waals surface area contributed by atoms with E-state index < -0.39 is 97.5 Å². The van der Waals surface area contributed by atoms with Gasteiger partial charge in [-0.3, -0.25) is 37.3 Å². The molecule has 0 heterocycles. The Kier molecular flexibility index (Phi) is 62.2. The van der Waals surface area contributed by atoms with Crippen molar-refractivity contribution in [2.75, 3.05) is 39.6 Å². The van der Waals surface area contributed by atoms with Gasteiger partial charge >= 0.3 is 39.5 Å². The number of phosphoric acid groups is 2. The van der Waals surface area contributed by atoms with Crippen LogP contribution in [0.1, 0.15) is 370 Å². The molecule has 17 nitrogen and oxygen atoms in total. The van der Waals surface area contributed by atoms with E-state index in [1.807, 2.05) is 0 Å². The van der Waals surface area contributed by atoms with Crippen LogP contribution in [-0.2, 0) is 65.4 Å². The molecule has 3 unspecified atom stereocenters. The van der Waals surface area contributed by atoms with Crippen LogP contribution in [0.3, 0.4) is 0 Å². The third-order valence-electron chi connectivity index (χ3n) is 17.4. The first-order valence-electron chi connectivity index (χ1n) is 38.2. The molecule has 0 aliphatic rings. The Morgan fingerprint density at radius 2 is 0.516 bits per heavy atom. The van der Waals surface area contributed by atoms with Gasteiger partial charge in [-0.1, -0.05) is 319 Å². The zero-order chi connectivity index (χ0) is 68.9. The predicted molar refractivity (Wildman–Crippen MR) is 377 cm³/mol. The molecular weight excluding hydrogens is 1220 g/mol. The van der Waals surface area contributed by atoms with Gasteiger partial charge in [0.25, 0.3) is 0 Å². The average Bonchev–Trinajstić information content (AvgIpc) is 2.85. The van der Waals surface area contributed by atoms with Gasteiger partial charge in [0.2, 0.25) is 0 Å². The molecule has 552 valence electrons. The minimum absolute atomic E-state index is 0.102. The lowest BCUT2D eigenvalue weighted by atomic mass is 10.00. The first-order chi connectivity index (χ1) is 44.6. The standard InChI is InChI=1S/C74H144O17P2/c1-9-67(8)53-45-37-31-33-41-49-57-74(79)91-70(61-85-72(77)55-47-39-32-30-36-44-52-66(6)7)63-89-93(82,83)87-59-68(75)58-86-92(80,81)88-62-69(90-73(78)56-48-40-29-25-21-17-16-19-23-27-35-43-51-65(4)5)60-84-71(76)54-46-38-28-24-20-15-13-11-10-12-14-18-22-26-34-42-50-64(2)3/h64-70,75H,9-63H2,1-8H3,(H,80,81)(H,82,83)/t67?,68-,69-,70-/m1/s1. The number of carbonyl (C=O) groups is 4. The summed E-state index contributed by atoms with van der Waals surface area (Å²) >= 11 is 0. The molecular formula is C74H144O17P2. The van der Waals surface area contributed by atoms with E-state index >= 15 is 0 Å². The quantitative estimate of drug-likeness (QED) is 0.0222. The van der Waals surface area contributed by atoms with E-state index in [1.165, 1.54) is 167 Å². The highest BCUT2D eigenvalue weighted by atomic mass is 31.2. The number of hydrogen-bond acceptors (Lipinski definition) is 15. The van der Waals surface area contributed by atoms with E-state index in [0.717, 1.165) is 114 Å². The molecule has 0 radical (unpaired) electrons. The first-order valence-corrected chi connectivity index (χ1v) is 41.2. The molecule has 0 aliphatic carbocycles. The van der Waals surface area contributed by atoms with Crippen molar-refractivity contribution < 1.29 is 80.2 Å². The molecule has 0 fully saturated rings. The number of aliphatic hydroxyl groups is 1. The summed E-state index contributed by atoms with van der Waals surface area (Å²) < 4.78 is 68.4. The van der Waals surface area contributed by atoms with Crippen LogP contribution in [0.2, 0.25) is 0 Å². The lowest BCUT2D eigenvalue weighted by Crippen LogP contribution is -2.30. The highest BCUT2D eigenvalue weighted by Crippen LogP contribution is 2.45. The van der Waals surface area contributed by atoms with Gasteiger partial charge in [0.1, 0.15) is 19.3 Å². The van der Waals surface area contributed by atoms with Crippen molar-refractivity contribution in [2.45, 2.75) is 388 Å². The van der Waals surface area contributed by atoms with Gasteiger partial charge in [0.05, 0.1) is 26.4 Å². The van der Waals surface area contributed by atoms with Gasteiger partial charge in [-0.15, -0.1) is 0 Å². The number of unbranched alkanes of at least 4 members (excludes halogenated alkanes) is 36. The third kappa shape index (κ3) is 67.0. The number of rotatable bonds is 71. The minimum atomic E-state index is -4.96. The number of esters is 4. The SMILES string of the molecule is CCC(C)CCCCCCCCC(=O)O[C@H](COC(=O)CCCCCCCCC(C)C)COP(=O)(O)OC[C@H](O)COP(=O)(O)OC[C@@H](COC(=O)CCCCCCCCCCCCCCCCCCC(C)C)OC(=O)CCCCCCCCCCCCCCC(C)C. The van der Waals surface area contributed by atoms with Gasteiger partial charge in [-0.2, -0.15) is 0 Å². The molecule has 6 atom stereocenters. The van der Waals surface area contributed by atoms with E-state index in [0.29, 0.717) is 31.6 Å². The van der Waals surface area contributed by atoms with Crippen molar-refractivity contribution in [3.05, 3.63) is 0 Å². The summed E-state index contributed by atoms with van der Waals surface area (Å²) in [5, 5.41) is 10.6. The van der Waals surface area contributed by atoms with Crippen LogP contribution in [-0.4, -0.2) is 96.7 Å². The lowest BCUT2D eigenvalue weighted by Gasteiger charge is -2.21. The van der Waals surface area contributed by atoms with Crippen molar-refractivity contribution in [2.24, 2.45) is 23.7 Å². The van der Waals surface area contributed by atoms with Crippen LogP contribution in [0.25, 0.3) is 0 Å². The Balaban J connectivity index is 5.21. The molecule has 0 saturated carbocycles. The van der Waals surface area contributed by atoms with E-state index in [1.54, 1.807) is 0 Å². The second-order valence-electron chi connectivity index (χ2n) is 28.4. The number of phosphoric ester groups is 2. The Morgan fingerprint density at radius 3 is 0.763 bits per heavy atom. The van der Waals surface area contributed by atoms with E-state index in [9.17, 15) is 43.2 Å². The third-order valence-corrected chi connectivity index (χ3v) is 19.3. The second-order valence-corrected chi connectivity index (χ2v) is 31.3. The monoisotopic (exact) mass is 1370 g/mol. The fourth-order valence-corrected chi connectivity index (χ4v) is 12.7. The predicted octanol–water partition coefficient (Wildman–Crippen LogP) is 21.3. The molecule has 0 aromatic rings. The van der Waals surface area contributed by atoms with Crippen LogP contribution in [0.5, 0.6) is 0 Å². The Morgan fingerprint density at radius 1 is 0.301 bits per heavy atom. The second kappa shape index (κ2) is 63.5. The van der Waals surface area contributed by atoms with Crippen LogP contribution < -0.4 is 0 Å². The van der Waals surface area contributed by atoms with Gasteiger partial charge in [-0.25, -0.2) is 9.13 Å². The minimum Gasteiger partial charge on any atom is -0.462 e. The summed E-state index contributed by atoms with van der Waals surface area (Å²) in [6, 6.07) is 0. The molecule has 0 spiro atoms. The van der Waals surface area contributed by atoms with Crippen LogP contribution in [0, 0.1) is 23.7 Å². The largest absolute Gasteiger partial charge is 0.472 e. The van der Waals surface area contributed by atoms with E-state index in [-0.39, 0.29) is 25.7 Å². The maximum atomic E-state index is 13.1. The van der Waals surface area contributed by atoms with Crippen LogP contribution in [0.15, 0.2) is 0 Å². The number of ether oxygens (including phenoxy) is 4.